The maximum absolute atomic E-state index is 12.8. The lowest BCUT2D eigenvalue weighted by Gasteiger charge is -2.41. The maximum Gasteiger partial charge on any atom is 0.407 e. The number of likely N-dealkylation sites (N-methyl/N-ethyl adjacent to an activating group) is 1. The largest absolute Gasteiger partial charge is 0.445 e. The van der Waals surface area contributed by atoms with Crippen LogP contribution in [0.25, 0.3) is 0 Å². The van der Waals surface area contributed by atoms with Crippen LogP contribution in [0.15, 0.2) is 30.3 Å². The molecule has 2 rings (SSSR count). The molecule has 2 amide bonds. The average molecular weight is 376 g/mol. The summed E-state index contributed by atoms with van der Waals surface area (Å²) >= 11 is 0. The van der Waals surface area contributed by atoms with Crippen molar-refractivity contribution in [1.82, 2.24) is 10.2 Å². The van der Waals surface area contributed by atoms with Crippen molar-refractivity contribution in [2.45, 2.75) is 71.2 Å². The standard InChI is InChI=1S/C21H33N3O3/c1-4-24(20(25)19(22)15(2)3)18-13-9-8-12-17(18)23-21(26)27-14-16-10-6-5-7-11-16/h5-7,10-11,15,17-19H,4,8-9,12-14,22H2,1-3H3,(H,23,26)/t17-,18-,19-/m0/s1. The molecule has 150 valence electrons. The molecule has 1 aromatic carbocycles. The van der Waals surface area contributed by atoms with E-state index in [9.17, 15) is 9.59 Å². The second-order valence-electron chi connectivity index (χ2n) is 7.56. The minimum absolute atomic E-state index is 0.0367. The first kappa shape index (κ1) is 21.2. The van der Waals surface area contributed by atoms with Crippen LogP contribution in [0.3, 0.4) is 0 Å². The molecule has 0 unspecified atom stereocenters. The van der Waals surface area contributed by atoms with Crippen LogP contribution in [-0.4, -0.2) is 41.6 Å². The molecule has 1 fully saturated rings. The van der Waals surface area contributed by atoms with Crippen molar-refractivity contribution >= 4 is 12.0 Å². The molecule has 0 spiro atoms. The van der Waals surface area contributed by atoms with E-state index < -0.39 is 12.1 Å². The zero-order chi connectivity index (χ0) is 19.8. The predicted octanol–water partition coefficient (Wildman–Crippen LogP) is 3.06. The van der Waals surface area contributed by atoms with Gasteiger partial charge in [0.1, 0.15) is 6.61 Å². The molecule has 0 aromatic heterocycles. The van der Waals surface area contributed by atoms with Gasteiger partial charge >= 0.3 is 6.09 Å². The quantitative estimate of drug-likeness (QED) is 0.767. The second-order valence-corrected chi connectivity index (χ2v) is 7.56. The Bertz CT molecular complexity index is 606. The van der Waals surface area contributed by atoms with Gasteiger partial charge in [-0.15, -0.1) is 0 Å². The Kier molecular flexibility index (Phi) is 8.10. The highest BCUT2D eigenvalue weighted by Crippen LogP contribution is 2.24. The van der Waals surface area contributed by atoms with Crippen LogP contribution in [0.1, 0.15) is 52.0 Å². The summed E-state index contributed by atoms with van der Waals surface area (Å²) in [5, 5.41) is 2.98. The van der Waals surface area contributed by atoms with E-state index in [0.717, 1.165) is 31.2 Å². The minimum atomic E-state index is -0.516. The molecule has 1 aliphatic rings. The normalized spacial score (nSPS) is 20.8. The molecule has 0 bridgehead atoms. The van der Waals surface area contributed by atoms with Gasteiger partial charge in [-0.3, -0.25) is 4.79 Å². The van der Waals surface area contributed by atoms with Crippen molar-refractivity contribution in [3.8, 4) is 0 Å². The number of alkyl carbamates (subject to hydrolysis) is 1. The van der Waals surface area contributed by atoms with Crippen molar-refractivity contribution in [3.63, 3.8) is 0 Å². The molecule has 3 atom stereocenters. The number of carbonyl (C=O) groups excluding carboxylic acids is 2. The SMILES string of the molecule is CCN(C(=O)[C@@H](N)C(C)C)[C@H]1CCCC[C@@H]1NC(=O)OCc1ccccc1. The minimum Gasteiger partial charge on any atom is -0.445 e. The van der Waals surface area contributed by atoms with E-state index in [4.69, 9.17) is 10.5 Å². The van der Waals surface area contributed by atoms with Gasteiger partial charge in [0, 0.05) is 6.54 Å². The third kappa shape index (κ3) is 5.96. The summed E-state index contributed by atoms with van der Waals surface area (Å²) in [6.45, 7) is 6.69. The summed E-state index contributed by atoms with van der Waals surface area (Å²) in [6, 6.07) is 8.93. The van der Waals surface area contributed by atoms with Crippen LogP contribution in [0.4, 0.5) is 4.79 Å². The Morgan fingerprint density at radius 2 is 1.89 bits per heavy atom. The molecule has 3 N–H and O–H groups in total. The number of carbonyl (C=O) groups is 2. The molecule has 27 heavy (non-hydrogen) atoms. The fourth-order valence-corrected chi connectivity index (χ4v) is 3.60. The molecule has 6 heteroatoms. The molecule has 0 heterocycles. The van der Waals surface area contributed by atoms with Crippen LogP contribution in [0.5, 0.6) is 0 Å². The number of rotatable bonds is 7. The van der Waals surface area contributed by atoms with E-state index in [1.165, 1.54) is 0 Å². The smallest absolute Gasteiger partial charge is 0.407 e. The van der Waals surface area contributed by atoms with Crippen molar-refractivity contribution < 1.29 is 14.3 Å². The van der Waals surface area contributed by atoms with Gasteiger partial charge in [0.2, 0.25) is 5.91 Å². The third-order valence-corrected chi connectivity index (χ3v) is 5.27. The van der Waals surface area contributed by atoms with Crippen LogP contribution in [0, 0.1) is 5.92 Å². The Morgan fingerprint density at radius 3 is 2.52 bits per heavy atom. The monoisotopic (exact) mass is 375 g/mol. The van der Waals surface area contributed by atoms with Crippen LogP contribution in [0.2, 0.25) is 0 Å². The van der Waals surface area contributed by atoms with Gasteiger partial charge in [0.25, 0.3) is 0 Å². The number of nitrogens with zero attached hydrogens (tertiary/aromatic N) is 1. The van der Waals surface area contributed by atoms with Crippen molar-refractivity contribution in [3.05, 3.63) is 35.9 Å². The number of nitrogens with one attached hydrogen (secondary N) is 1. The topological polar surface area (TPSA) is 84.7 Å². The zero-order valence-electron chi connectivity index (χ0n) is 16.7. The van der Waals surface area contributed by atoms with Gasteiger partial charge in [-0.2, -0.15) is 0 Å². The summed E-state index contributed by atoms with van der Waals surface area (Å²) in [4.78, 5) is 26.9. The van der Waals surface area contributed by atoms with Crippen LogP contribution < -0.4 is 11.1 Å². The fraction of sp³-hybridized carbons (Fsp3) is 0.619. The molecule has 0 saturated heterocycles. The zero-order valence-corrected chi connectivity index (χ0v) is 16.7. The fourth-order valence-electron chi connectivity index (χ4n) is 3.60. The summed E-state index contributed by atoms with van der Waals surface area (Å²) in [7, 11) is 0. The maximum atomic E-state index is 12.8. The molecular weight excluding hydrogens is 342 g/mol. The van der Waals surface area contributed by atoms with Gasteiger partial charge in [-0.25, -0.2) is 4.79 Å². The molecule has 6 nitrogen and oxygen atoms in total. The molecular formula is C21H33N3O3. The molecule has 1 aliphatic carbocycles. The molecule has 1 saturated carbocycles. The van der Waals surface area contributed by atoms with Gasteiger partial charge in [-0.05, 0) is 31.2 Å². The molecule has 0 aliphatic heterocycles. The Morgan fingerprint density at radius 1 is 1.22 bits per heavy atom. The summed E-state index contributed by atoms with van der Waals surface area (Å²) < 4.78 is 5.36. The lowest BCUT2D eigenvalue weighted by molar-refractivity contribution is -0.137. The van der Waals surface area contributed by atoms with Crippen molar-refractivity contribution in [2.24, 2.45) is 11.7 Å². The summed E-state index contributed by atoms with van der Waals surface area (Å²) in [5.41, 5.74) is 7.04. The van der Waals surface area contributed by atoms with Gasteiger partial charge in [0.05, 0.1) is 18.1 Å². The number of benzene rings is 1. The number of ether oxygens (including phenoxy) is 1. The number of hydrogen-bond acceptors (Lipinski definition) is 4. The third-order valence-electron chi connectivity index (χ3n) is 5.27. The Hall–Kier alpha value is -2.08. The van der Waals surface area contributed by atoms with Crippen LogP contribution >= 0.6 is 0 Å². The van der Waals surface area contributed by atoms with Gasteiger partial charge < -0.3 is 20.7 Å². The second kappa shape index (κ2) is 10.3. The lowest BCUT2D eigenvalue weighted by Crippen LogP contribution is -2.58. The highest BCUT2D eigenvalue weighted by atomic mass is 16.5. The Labute approximate surface area is 162 Å². The number of amides is 2. The first-order chi connectivity index (χ1) is 12.9. The van der Waals surface area contributed by atoms with E-state index in [1.54, 1.807) is 0 Å². The van der Waals surface area contributed by atoms with Crippen LogP contribution in [-0.2, 0) is 16.1 Å². The summed E-state index contributed by atoms with van der Waals surface area (Å²) in [5.74, 6) is 0.0428. The molecule has 0 radical (unpaired) electrons. The number of nitrogens with two attached hydrogens (primary N) is 1. The molecule has 1 aromatic rings. The van der Waals surface area contributed by atoms with Crippen molar-refractivity contribution in [1.29, 1.82) is 0 Å². The number of hydrogen-bond donors (Lipinski definition) is 2. The highest BCUT2D eigenvalue weighted by molar-refractivity contribution is 5.82. The van der Waals surface area contributed by atoms with Crippen molar-refractivity contribution in [2.75, 3.05) is 6.54 Å². The first-order valence-corrected chi connectivity index (χ1v) is 9.97. The predicted molar refractivity (Wildman–Crippen MR) is 106 cm³/mol. The highest BCUT2D eigenvalue weighted by Gasteiger charge is 2.35. The first-order valence-electron chi connectivity index (χ1n) is 9.97. The van der Waals surface area contributed by atoms with E-state index in [2.05, 4.69) is 5.32 Å². The van der Waals surface area contributed by atoms with E-state index in [0.29, 0.717) is 6.54 Å². The summed E-state index contributed by atoms with van der Waals surface area (Å²) in [6.07, 6.45) is 3.34. The van der Waals surface area contributed by atoms with Gasteiger partial charge in [0.15, 0.2) is 0 Å². The lowest BCUT2D eigenvalue weighted by atomic mass is 9.88. The van der Waals surface area contributed by atoms with E-state index in [1.807, 2.05) is 56.0 Å². The average Bonchev–Trinajstić information content (AvgIpc) is 2.68. The Balaban J connectivity index is 1.98. The van der Waals surface area contributed by atoms with Gasteiger partial charge in [-0.1, -0.05) is 57.0 Å². The van der Waals surface area contributed by atoms with E-state index in [-0.39, 0.29) is 30.5 Å². The van der Waals surface area contributed by atoms with E-state index >= 15 is 0 Å².